The van der Waals surface area contributed by atoms with Crippen molar-refractivity contribution in [2.45, 2.75) is 59.2 Å². The van der Waals surface area contributed by atoms with E-state index in [0.29, 0.717) is 22.5 Å². The van der Waals surface area contributed by atoms with Crippen molar-refractivity contribution in [1.29, 1.82) is 0 Å². The van der Waals surface area contributed by atoms with E-state index in [1.165, 1.54) is 8.97 Å². The van der Waals surface area contributed by atoms with Crippen molar-refractivity contribution < 1.29 is 9.59 Å². The van der Waals surface area contributed by atoms with Crippen LogP contribution in [0.3, 0.4) is 0 Å². The fourth-order valence-corrected chi connectivity index (χ4v) is 4.07. The number of aryl methyl sites for hydroxylation is 1. The fourth-order valence-electron chi connectivity index (χ4n) is 4.07. The highest BCUT2D eigenvalue weighted by atomic mass is 16.2. The lowest BCUT2D eigenvalue weighted by Crippen LogP contribution is -2.33. The smallest absolute Gasteiger partial charge is 0.352 e. The van der Waals surface area contributed by atoms with E-state index < -0.39 is 11.6 Å². The second-order valence-corrected chi connectivity index (χ2v) is 9.35. The van der Waals surface area contributed by atoms with Crippen LogP contribution in [0.5, 0.6) is 0 Å². The summed E-state index contributed by atoms with van der Waals surface area (Å²) >= 11 is 0. The zero-order valence-electron chi connectivity index (χ0n) is 20.8. The molecule has 2 N–H and O–H groups in total. The number of amides is 2. The highest BCUT2D eigenvalue weighted by molar-refractivity contribution is 5.90. The molecule has 2 heterocycles. The number of aromatic nitrogens is 4. The van der Waals surface area contributed by atoms with Crippen molar-refractivity contribution in [3.05, 3.63) is 74.9 Å². The number of hydrogen-bond donors (Lipinski definition) is 2. The van der Waals surface area contributed by atoms with E-state index >= 15 is 0 Å². The van der Waals surface area contributed by atoms with Gasteiger partial charge in [-0.05, 0) is 49.6 Å². The lowest BCUT2D eigenvalue weighted by Gasteiger charge is -2.11. The number of rotatable bonds is 8. The van der Waals surface area contributed by atoms with E-state index in [-0.39, 0.29) is 42.8 Å². The van der Waals surface area contributed by atoms with Gasteiger partial charge < -0.3 is 10.6 Å². The highest BCUT2D eigenvalue weighted by Gasteiger charge is 2.19. The number of carbonyl (C=O) groups is 2. The van der Waals surface area contributed by atoms with Crippen LogP contribution in [0.15, 0.2) is 58.1 Å². The summed E-state index contributed by atoms with van der Waals surface area (Å²) in [6.07, 6.45) is 0.0417. The maximum absolute atomic E-state index is 13.3. The summed E-state index contributed by atoms with van der Waals surface area (Å²) in [7, 11) is 0. The Balaban J connectivity index is 1.68. The average Bonchev–Trinajstić information content (AvgIpc) is 3.14. The van der Waals surface area contributed by atoms with Gasteiger partial charge in [-0.3, -0.25) is 19.0 Å². The highest BCUT2D eigenvalue weighted by Crippen LogP contribution is 2.17. The largest absolute Gasteiger partial charge is 0.354 e. The molecular formula is C26H30N6O4. The molecule has 0 spiro atoms. The molecule has 0 radical (unpaired) electrons. The van der Waals surface area contributed by atoms with Gasteiger partial charge in [0.15, 0.2) is 0 Å². The van der Waals surface area contributed by atoms with Crippen molar-refractivity contribution in [2.75, 3.05) is 5.32 Å². The van der Waals surface area contributed by atoms with E-state index in [1.54, 1.807) is 24.3 Å². The average molecular weight is 491 g/mol. The zero-order chi connectivity index (χ0) is 26.0. The van der Waals surface area contributed by atoms with Gasteiger partial charge in [0, 0.05) is 24.7 Å². The lowest BCUT2D eigenvalue weighted by atomic mass is 10.0. The van der Waals surface area contributed by atoms with Gasteiger partial charge >= 0.3 is 5.69 Å². The van der Waals surface area contributed by atoms with Crippen molar-refractivity contribution in [1.82, 2.24) is 24.1 Å². The molecule has 0 fully saturated rings. The molecule has 2 aromatic carbocycles. The number of benzene rings is 2. The van der Waals surface area contributed by atoms with E-state index in [0.717, 1.165) is 10.2 Å². The molecule has 10 nitrogen and oxygen atoms in total. The minimum absolute atomic E-state index is 0.0345. The first-order valence-electron chi connectivity index (χ1n) is 12.0. The third-order valence-corrected chi connectivity index (χ3v) is 5.85. The summed E-state index contributed by atoms with van der Waals surface area (Å²) in [5.41, 5.74) is 1.24. The molecule has 0 saturated heterocycles. The standard InChI is InChI=1S/C26H30N6O4/c1-16(2)18-9-11-19(12-10-18)28-23(34)15-31-26(36)32-21-8-6-5-7-20(21)24(35)30(25(32)29-31)14-13-22(33)27-17(3)4/h5-12,16-17H,13-15H2,1-4H3,(H,27,33)(H,28,34). The second kappa shape index (κ2) is 10.2. The van der Waals surface area contributed by atoms with E-state index in [9.17, 15) is 19.2 Å². The van der Waals surface area contributed by atoms with Crippen LogP contribution in [0, 0.1) is 0 Å². The van der Waals surface area contributed by atoms with E-state index in [2.05, 4.69) is 29.6 Å². The minimum atomic E-state index is -0.549. The van der Waals surface area contributed by atoms with E-state index in [1.807, 2.05) is 38.1 Å². The van der Waals surface area contributed by atoms with Gasteiger partial charge in [-0.1, -0.05) is 38.1 Å². The maximum Gasteiger partial charge on any atom is 0.352 e. The predicted octanol–water partition coefficient (Wildman–Crippen LogP) is 2.49. The molecule has 4 aromatic rings. The van der Waals surface area contributed by atoms with Crippen LogP contribution in [-0.4, -0.2) is 36.6 Å². The predicted molar refractivity (Wildman–Crippen MR) is 138 cm³/mol. The minimum Gasteiger partial charge on any atom is -0.354 e. The number of fused-ring (bicyclic) bond motifs is 3. The Bertz CT molecular complexity index is 1540. The van der Waals surface area contributed by atoms with Gasteiger partial charge in [0.25, 0.3) is 5.56 Å². The zero-order valence-corrected chi connectivity index (χ0v) is 20.8. The molecule has 0 bridgehead atoms. The Kier molecular flexibility index (Phi) is 7.05. The first-order valence-corrected chi connectivity index (χ1v) is 12.0. The van der Waals surface area contributed by atoms with Crippen LogP contribution in [-0.2, 0) is 22.7 Å². The van der Waals surface area contributed by atoms with Crippen LogP contribution in [0.1, 0.15) is 45.6 Å². The van der Waals surface area contributed by atoms with Gasteiger partial charge in [0.05, 0.1) is 10.9 Å². The lowest BCUT2D eigenvalue weighted by molar-refractivity contribution is -0.121. The number of nitrogens with one attached hydrogen (secondary N) is 2. The summed E-state index contributed by atoms with van der Waals surface area (Å²) in [5.74, 6) is -0.189. The molecule has 0 unspecified atom stereocenters. The summed E-state index contributed by atoms with van der Waals surface area (Å²) in [4.78, 5) is 51.4. The molecule has 0 atom stereocenters. The van der Waals surface area contributed by atoms with Crippen molar-refractivity contribution >= 4 is 34.2 Å². The number of hydrogen-bond acceptors (Lipinski definition) is 5. The molecule has 0 aliphatic heterocycles. The normalized spacial score (nSPS) is 11.5. The number of anilines is 1. The first kappa shape index (κ1) is 24.9. The molecule has 0 aliphatic rings. The summed E-state index contributed by atoms with van der Waals surface area (Å²) in [6, 6.07) is 14.2. The monoisotopic (exact) mass is 490 g/mol. The molecule has 2 amide bonds. The van der Waals surface area contributed by atoms with Crippen LogP contribution >= 0.6 is 0 Å². The van der Waals surface area contributed by atoms with Crippen LogP contribution in [0.4, 0.5) is 5.69 Å². The summed E-state index contributed by atoms with van der Waals surface area (Å²) in [5, 5.41) is 10.2. The molecule has 36 heavy (non-hydrogen) atoms. The Morgan fingerprint density at radius 1 is 0.944 bits per heavy atom. The van der Waals surface area contributed by atoms with Crippen molar-refractivity contribution in [3.63, 3.8) is 0 Å². The Morgan fingerprint density at radius 2 is 1.64 bits per heavy atom. The number of carbonyl (C=O) groups excluding carboxylic acids is 2. The van der Waals surface area contributed by atoms with Gasteiger partial charge in [-0.2, -0.15) is 0 Å². The van der Waals surface area contributed by atoms with E-state index in [4.69, 9.17) is 0 Å². The van der Waals surface area contributed by atoms with Gasteiger partial charge in [-0.15, -0.1) is 5.10 Å². The Hall–Kier alpha value is -4.21. The molecule has 10 heteroatoms. The first-order chi connectivity index (χ1) is 17.2. The summed E-state index contributed by atoms with van der Waals surface area (Å²) < 4.78 is 3.65. The summed E-state index contributed by atoms with van der Waals surface area (Å²) in [6.45, 7) is 7.58. The number of nitrogens with zero attached hydrogens (tertiary/aromatic N) is 4. The molecule has 0 saturated carbocycles. The Labute approximate surface area is 207 Å². The molecule has 0 aliphatic carbocycles. The molecular weight excluding hydrogens is 460 g/mol. The molecule has 4 rings (SSSR count). The Morgan fingerprint density at radius 3 is 2.31 bits per heavy atom. The second-order valence-electron chi connectivity index (χ2n) is 9.35. The van der Waals surface area contributed by atoms with Crippen LogP contribution in [0.25, 0.3) is 16.7 Å². The third kappa shape index (κ3) is 5.07. The van der Waals surface area contributed by atoms with Gasteiger partial charge in [0.1, 0.15) is 6.54 Å². The molecule has 188 valence electrons. The van der Waals surface area contributed by atoms with Gasteiger partial charge in [0.2, 0.25) is 17.6 Å². The fraction of sp³-hybridized carbons (Fsp3) is 0.346. The maximum atomic E-state index is 13.3. The van der Waals surface area contributed by atoms with Crippen LogP contribution in [0.2, 0.25) is 0 Å². The third-order valence-electron chi connectivity index (χ3n) is 5.85. The SMILES string of the molecule is CC(C)NC(=O)CCn1c(=O)c2ccccc2n2c(=O)n(CC(=O)Nc3ccc(C(C)C)cc3)nc12. The van der Waals surface area contributed by atoms with Gasteiger partial charge in [-0.25, -0.2) is 13.9 Å². The number of para-hydroxylation sites is 1. The van der Waals surface area contributed by atoms with Crippen molar-refractivity contribution in [2.24, 2.45) is 0 Å². The quantitative estimate of drug-likeness (QED) is 0.393. The topological polar surface area (TPSA) is 120 Å². The van der Waals surface area contributed by atoms with Crippen molar-refractivity contribution in [3.8, 4) is 0 Å². The molecule has 2 aromatic heterocycles. The van der Waals surface area contributed by atoms with Crippen LogP contribution < -0.4 is 21.9 Å².